The zero-order valence-electron chi connectivity index (χ0n) is 16.3. The standard InChI is InChI=1S/C21H24N2O4S/c1-15(24)23-28(26,27)19-12-10-18(11-13-19)22-20(25)14-7-16-5-8-17(9-6-16)21(2,3)4/h5-14H,1-4H3,(H,22,25)(H,23,24). The minimum absolute atomic E-state index is 0.0600. The summed E-state index contributed by atoms with van der Waals surface area (Å²) < 4.78 is 25.7. The van der Waals surface area contributed by atoms with Gasteiger partial charge in [-0.3, -0.25) is 9.59 Å². The fourth-order valence-corrected chi connectivity index (χ4v) is 3.41. The fourth-order valence-electron chi connectivity index (χ4n) is 2.42. The van der Waals surface area contributed by atoms with Gasteiger partial charge in [0.25, 0.3) is 10.0 Å². The molecular weight excluding hydrogens is 376 g/mol. The third kappa shape index (κ3) is 6.06. The average Bonchev–Trinajstić information content (AvgIpc) is 2.59. The Balaban J connectivity index is 2.01. The molecule has 0 saturated carbocycles. The molecule has 2 rings (SSSR count). The smallest absolute Gasteiger partial charge is 0.264 e. The molecule has 2 aromatic carbocycles. The third-order valence-corrected chi connectivity index (χ3v) is 5.36. The number of nitrogens with one attached hydrogen (secondary N) is 2. The van der Waals surface area contributed by atoms with Crippen molar-refractivity contribution in [2.24, 2.45) is 0 Å². The van der Waals surface area contributed by atoms with E-state index in [0.29, 0.717) is 5.69 Å². The Bertz CT molecular complexity index is 984. The number of sulfonamides is 1. The molecule has 28 heavy (non-hydrogen) atoms. The zero-order valence-corrected chi connectivity index (χ0v) is 17.1. The van der Waals surface area contributed by atoms with Gasteiger partial charge in [0, 0.05) is 18.7 Å². The maximum Gasteiger partial charge on any atom is 0.264 e. The Hall–Kier alpha value is -2.93. The number of carbonyl (C=O) groups is 2. The van der Waals surface area contributed by atoms with Crippen LogP contribution >= 0.6 is 0 Å². The molecule has 0 aliphatic rings. The van der Waals surface area contributed by atoms with Crippen LogP contribution in [0.15, 0.2) is 59.5 Å². The molecule has 0 atom stereocenters. The van der Waals surface area contributed by atoms with E-state index in [1.54, 1.807) is 6.08 Å². The molecule has 2 amide bonds. The maximum atomic E-state index is 12.1. The maximum absolute atomic E-state index is 12.1. The van der Waals surface area contributed by atoms with Gasteiger partial charge in [-0.1, -0.05) is 45.0 Å². The minimum atomic E-state index is -3.89. The van der Waals surface area contributed by atoms with Gasteiger partial charge in [0.15, 0.2) is 0 Å². The first-order chi connectivity index (χ1) is 13.0. The molecule has 7 heteroatoms. The number of hydrogen-bond donors (Lipinski definition) is 2. The highest BCUT2D eigenvalue weighted by Gasteiger charge is 2.15. The average molecular weight is 401 g/mol. The summed E-state index contributed by atoms with van der Waals surface area (Å²) in [5.41, 5.74) is 2.63. The topological polar surface area (TPSA) is 92.3 Å². The third-order valence-electron chi connectivity index (χ3n) is 3.91. The van der Waals surface area contributed by atoms with Crippen LogP contribution in [0.3, 0.4) is 0 Å². The number of anilines is 1. The van der Waals surface area contributed by atoms with Crippen molar-refractivity contribution in [1.82, 2.24) is 4.72 Å². The van der Waals surface area contributed by atoms with Crippen molar-refractivity contribution >= 4 is 33.6 Å². The molecule has 0 spiro atoms. The van der Waals surface area contributed by atoms with E-state index in [4.69, 9.17) is 0 Å². The number of hydrogen-bond acceptors (Lipinski definition) is 4. The van der Waals surface area contributed by atoms with E-state index < -0.39 is 15.9 Å². The van der Waals surface area contributed by atoms with Gasteiger partial charge in [0.05, 0.1) is 4.90 Å². The van der Waals surface area contributed by atoms with Crippen LogP contribution in [0.1, 0.15) is 38.8 Å². The predicted molar refractivity (Wildman–Crippen MR) is 110 cm³/mol. The van der Waals surface area contributed by atoms with E-state index in [2.05, 4.69) is 26.1 Å². The molecule has 0 saturated heterocycles. The van der Waals surface area contributed by atoms with Gasteiger partial charge in [-0.05, 0) is 46.9 Å². The van der Waals surface area contributed by atoms with Crippen LogP contribution in [0.4, 0.5) is 5.69 Å². The molecule has 0 fully saturated rings. The lowest BCUT2D eigenvalue weighted by Crippen LogP contribution is -2.28. The molecule has 148 valence electrons. The van der Waals surface area contributed by atoms with E-state index in [0.717, 1.165) is 12.5 Å². The Morgan fingerprint density at radius 1 is 0.929 bits per heavy atom. The Morgan fingerprint density at radius 3 is 2.00 bits per heavy atom. The summed E-state index contributed by atoms with van der Waals surface area (Å²) in [7, 11) is -3.89. The quantitative estimate of drug-likeness (QED) is 0.752. The van der Waals surface area contributed by atoms with Crippen LogP contribution in [0.5, 0.6) is 0 Å². The van der Waals surface area contributed by atoms with Gasteiger partial charge in [-0.15, -0.1) is 0 Å². The first-order valence-corrected chi connectivity index (χ1v) is 10.2. The lowest BCUT2D eigenvalue weighted by atomic mass is 9.87. The monoisotopic (exact) mass is 400 g/mol. The molecule has 0 heterocycles. The molecule has 0 aromatic heterocycles. The summed E-state index contributed by atoms with van der Waals surface area (Å²) in [6.45, 7) is 7.53. The zero-order chi connectivity index (χ0) is 20.9. The van der Waals surface area contributed by atoms with Crippen molar-refractivity contribution in [3.05, 3.63) is 65.7 Å². The molecule has 2 aromatic rings. The fraction of sp³-hybridized carbons (Fsp3) is 0.238. The van der Waals surface area contributed by atoms with Crippen molar-refractivity contribution in [3.63, 3.8) is 0 Å². The van der Waals surface area contributed by atoms with E-state index in [9.17, 15) is 18.0 Å². The van der Waals surface area contributed by atoms with Gasteiger partial charge in [-0.25, -0.2) is 13.1 Å². The number of carbonyl (C=O) groups excluding carboxylic acids is 2. The number of rotatable bonds is 5. The minimum Gasteiger partial charge on any atom is -0.323 e. The van der Waals surface area contributed by atoms with E-state index in [1.165, 1.54) is 35.9 Å². The van der Waals surface area contributed by atoms with Crippen molar-refractivity contribution in [1.29, 1.82) is 0 Å². The normalized spacial score (nSPS) is 12.0. The summed E-state index contributed by atoms with van der Waals surface area (Å²) in [4.78, 5) is 23.0. The van der Waals surface area contributed by atoms with Crippen molar-refractivity contribution in [3.8, 4) is 0 Å². The van der Waals surface area contributed by atoms with E-state index in [1.807, 2.05) is 29.0 Å². The second kappa shape index (κ2) is 8.39. The van der Waals surface area contributed by atoms with Crippen molar-refractivity contribution in [2.45, 2.75) is 38.0 Å². The van der Waals surface area contributed by atoms with Crippen LogP contribution in [0.2, 0.25) is 0 Å². The highest BCUT2D eigenvalue weighted by molar-refractivity contribution is 7.90. The lowest BCUT2D eigenvalue weighted by molar-refractivity contribution is -0.117. The van der Waals surface area contributed by atoms with Crippen molar-refractivity contribution in [2.75, 3.05) is 5.32 Å². The molecule has 0 aliphatic carbocycles. The molecule has 0 bridgehead atoms. The molecule has 0 aliphatic heterocycles. The lowest BCUT2D eigenvalue weighted by Gasteiger charge is -2.18. The van der Waals surface area contributed by atoms with Gasteiger partial charge >= 0.3 is 0 Å². The van der Waals surface area contributed by atoms with Crippen LogP contribution in [-0.2, 0) is 25.0 Å². The van der Waals surface area contributed by atoms with Gasteiger partial charge in [0.1, 0.15) is 0 Å². The number of benzene rings is 2. The second-order valence-electron chi connectivity index (χ2n) is 7.38. The first-order valence-electron chi connectivity index (χ1n) is 8.70. The second-order valence-corrected chi connectivity index (χ2v) is 9.06. The summed E-state index contributed by atoms with van der Waals surface area (Å²) in [5.74, 6) is -1.00. The largest absolute Gasteiger partial charge is 0.323 e. The first kappa shape index (κ1) is 21.4. The number of amides is 2. The summed E-state index contributed by atoms with van der Waals surface area (Å²) >= 11 is 0. The highest BCUT2D eigenvalue weighted by Crippen LogP contribution is 2.22. The Morgan fingerprint density at radius 2 is 1.50 bits per heavy atom. The SMILES string of the molecule is CC(=O)NS(=O)(=O)c1ccc(NC(=O)C=Cc2ccc(C(C)(C)C)cc2)cc1. The van der Waals surface area contributed by atoms with Crippen LogP contribution in [0, 0.1) is 0 Å². The predicted octanol–water partition coefficient (Wildman–Crippen LogP) is 3.46. The van der Waals surface area contributed by atoms with Crippen LogP contribution in [0.25, 0.3) is 6.08 Å². The molecule has 0 radical (unpaired) electrons. The Labute approximate surface area is 165 Å². The molecular formula is C21H24N2O4S. The summed E-state index contributed by atoms with van der Waals surface area (Å²) in [6.07, 6.45) is 3.12. The molecule has 0 unspecified atom stereocenters. The van der Waals surface area contributed by atoms with Gasteiger partial charge in [-0.2, -0.15) is 0 Å². The van der Waals surface area contributed by atoms with Crippen LogP contribution < -0.4 is 10.0 Å². The van der Waals surface area contributed by atoms with Gasteiger partial charge in [0.2, 0.25) is 11.8 Å². The van der Waals surface area contributed by atoms with Crippen LogP contribution in [-0.4, -0.2) is 20.2 Å². The highest BCUT2D eigenvalue weighted by atomic mass is 32.2. The Kier molecular flexibility index (Phi) is 6.41. The van der Waals surface area contributed by atoms with Gasteiger partial charge < -0.3 is 5.32 Å². The summed E-state index contributed by atoms with van der Waals surface area (Å²) in [6, 6.07) is 13.5. The molecule has 6 nitrogen and oxygen atoms in total. The van der Waals surface area contributed by atoms with E-state index >= 15 is 0 Å². The molecule has 2 N–H and O–H groups in total. The summed E-state index contributed by atoms with van der Waals surface area (Å²) in [5, 5.41) is 2.66. The van der Waals surface area contributed by atoms with Crippen molar-refractivity contribution < 1.29 is 18.0 Å². The van der Waals surface area contributed by atoms with E-state index in [-0.39, 0.29) is 16.2 Å².